The van der Waals surface area contributed by atoms with E-state index in [2.05, 4.69) is 10.3 Å². The number of nitro groups is 1. The summed E-state index contributed by atoms with van der Waals surface area (Å²) < 4.78 is 0. The summed E-state index contributed by atoms with van der Waals surface area (Å²) in [6.07, 6.45) is 1.96. The van der Waals surface area contributed by atoms with Gasteiger partial charge in [-0.15, -0.1) is 0 Å². The van der Waals surface area contributed by atoms with Gasteiger partial charge in [0.15, 0.2) is 0 Å². The number of anilines is 1. The number of non-ortho nitro benzene ring substituents is 1. The van der Waals surface area contributed by atoms with Crippen LogP contribution in [0.25, 0.3) is 10.8 Å². The minimum atomic E-state index is -0.950. The van der Waals surface area contributed by atoms with Crippen LogP contribution in [0.3, 0.4) is 0 Å². The maximum atomic E-state index is 11.3. The van der Waals surface area contributed by atoms with E-state index in [1.165, 1.54) is 18.3 Å². The monoisotopic (exact) mass is 303 g/mol. The molecular weight excluding hydrogens is 286 g/mol. The molecule has 0 bridgehead atoms. The number of nitro benzene ring substituents is 1. The van der Waals surface area contributed by atoms with Gasteiger partial charge < -0.3 is 10.4 Å². The van der Waals surface area contributed by atoms with E-state index in [-0.39, 0.29) is 11.6 Å². The average Bonchev–Trinajstić information content (AvgIpc) is 2.45. The summed E-state index contributed by atoms with van der Waals surface area (Å²) >= 11 is 0. The van der Waals surface area contributed by atoms with Crippen molar-refractivity contribution in [3.63, 3.8) is 0 Å². The fraction of sp³-hybridized carbons (Fsp3) is 0.333. The largest absolute Gasteiger partial charge is 0.480 e. The first-order valence-electron chi connectivity index (χ1n) is 6.91. The molecule has 1 aromatic carbocycles. The summed E-state index contributed by atoms with van der Waals surface area (Å²) in [4.78, 5) is 25.9. The molecule has 7 heteroatoms. The van der Waals surface area contributed by atoms with Crippen LogP contribution in [0.2, 0.25) is 0 Å². The normalized spacial score (nSPS) is 12.3. The van der Waals surface area contributed by atoms with Crippen LogP contribution in [0.5, 0.6) is 0 Å². The van der Waals surface area contributed by atoms with Gasteiger partial charge >= 0.3 is 5.97 Å². The van der Waals surface area contributed by atoms with Gasteiger partial charge in [0.1, 0.15) is 11.9 Å². The molecule has 7 nitrogen and oxygen atoms in total. The number of aromatic nitrogens is 1. The molecule has 2 rings (SSSR count). The third kappa shape index (κ3) is 3.49. The molecule has 1 aromatic heterocycles. The fourth-order valence-corrected chi connectivity index (χ4v) is 2.25. The van der Waals surface area contributed by atoms with Crippen molar-refractivity contribution in [1.82, 2.24) is 4.98 Å². The third-order valence-electron chi connectivity index (χ3n) is 3.27. The zero-order valence-corrected chi connectivity index (χ0v) is 12.3. The second-order valence-corrected chi connectivity index (χ2v) is 5.49. The Labute approximate surface area is 127 Å². The van der Waals surface area contributed by atoms with Crippen molar-refractivity contribution in [2.75, 3.05) is 5.32 Å². The molecular formula is C15H17N3O4. The van der Waals surface area contributed by atoms with Gasteiger partial charge in [0, 0.05) is 23.7 Å². The van der Waals surface area contributed by atoms with Crippen LogP contribution in [0.15, 0.2) is 30.5 Å². The number of benzene rings is 1. The van der Waals surface area contributed by atoms with E-state index in [0.29, 0.717) is 23.0 Å². The Bertz CT molecular complexity index is 715. The highest BCUT2D eigenvalue weighted by Crippen LogP contribution is 2.26. The molecule has 1 atom stereocenters. The summed E-state index contributed by atoms with van der Waals surface area (Å²) in [7, 11) is 0. The van der Waals surface area contributed by atoms with Crippen LogP contribution in [0.1, 0.15) is 20.3 Å². The number of fused-ring (bicyclic) bond motifs is 1. The van der Waals surface area contributed by atoms with Crippen molar-refractivity contribution in [2.45, 2.75) is 26.3 Å². The number of aliphatic carboxylic acids is 1. The van der Waals surface area contributed by atoms with Gasteiger partial charge in [0.2, 0.25) is 0 Å². The van der Waals surface area contributed by atoms with E-state index >= 15 is 0 Å². The highest BCUT2D eigenvalue weighted by atomic mass is 16.6. The van der Waals surface area contributed by atoms with E-state index in [1.54, 1.807) is 12.1 Å². The van der Waals surface area contributed by atoms with Crippen molar-refractivity contribution in [2.24, 2.45) is 5.92 Å². The Balaban J connectivity index is 2.38. The maximum Gasteiger partial charge on any atom is 0.326 e. The molecule has 2 N–H and O–H groups in total. The first kappa shape index (κ1) is 15.7. The van der Waals surface area contributed by atoms with Gasteiger partial charge in [-0.05, 0) is 29.9 Å². The van der Waals surface area contributed by atoms with E-state index in [0.717, 1.165) is 0 Å². The van der Waals surface area contributed by atoms with Gasteiger partial charge in [-0.25, -0.2) is 9.78 Å². The topological polar surface area (TPSA) is 105 Å². The summed E-state index contributed by atoms with van der Waals surface area (Å²) in [5, 5.41) is 24.3. The zero-order valence-electron chi connectivity index (χ0n) is 12.3. The van der Waals surface area contributed by atoms with Gasteiger partial charge in [-0.3, -0.25) is 10.1 Å². The second kappa shape index (κ2) is 6.38. The number of hydrogen-bond donors (Lipinski definition) is 2. The lowest BCUT2D eigenvalue weighted by Crippen LogP contribution is -2.31. The van der Waals surface area contributed by atoms with Gasteiger partial charge in [-0.1, -0.05) is 13.8 Å². The number of hydrogen-bond acceptors (Lipinski definition) is 5. The number of carboxylic acids is 1. The first-order valence-corrected chi connectivity index (χ1v) is 6.91. The third-order valence-corrected chi connectivity index (χ3v) is 3.27. The van der Waals surface area contributed by atoms with Crippen LogP contribution in [0, 0.1) is 16.0 Å². The first-order chi connectivity index (χ1) is 10.4. The molecule has 116 valence electrons. The Morgan fingerprint density at radius 3 is 2.73 bits per heavy atom. The van der Waals surface area contributed by atoms with Gasteiger partial charge in [-0.2, -0.15) is 0 Å². The minimum absolute atomic E-state index is 0.0124. The molecule has 0 saturated carbocycles. The minimum Gasteiger partial charge on any atom is -0.480 e. The van der Waals surface area contributed by atoms with Crippen molar-refractivity contribution in [3.8, 4) is 0 Å². The number of carboxylic acid groups (broad SMARTS) is 1. The molecule has 0 fully saturated rings. The Kier molecular flexibility index (Phi) is 4.55. The lowest BCUT2D eigenvalue weighted by Gasteiger charge is -2.18. The lowest BCUT2D eigenvalue weighted by atomic mass is 10.0. The smallest absolute Gasteiger partial charge is 0.326 e. The van der Waals surface area contributed by atoms with E-state index in [1.807, 2.05) is 13.8 Å². The predicted octanol–water partition coefficient (Wildman–Crippen LogP) is 3.05. The molecule has 0 aliphatic heterocycles. The van der Waals surface area contributed by atoms with Gasteiger partial charge in [0.25, 0.3) is 5.69 Å². The summed E-state index contributed by atoms with van der Waals surface area (Å²) in [6, 6.07) is 5.31. The number of nitrogens with zero attached hydrogens (tertiary/aromatic N) is 2. The molecule has 0 aliphatic carbocycles. The molecule has 0 saturated heterocycles. The number of pyridine rings is 1. The van der Waals surface area contributed by atoms with Crippen LogP contribution in [0.4, 0.5) is 11.5 Å². The Morgan fingerprint density at radius 1 is 1.41 bits per heavy atom. The molecule has 0 spiro atoms. The highest BCUT2D eigenvalue weighted by Gasteiger charge is 2.20. The van der Waals surface area contributed by atoms with Crippen molar-refractivity contribution < 1.29 is 14.8 Å². The van der Waals surface area contributed by atoms with Crippen LogP contribution in [-0.2, 0) is 4.79 Å². The zero-order chi connectivity index (χ0) is 16.3. The molecule has 0 unspecified atom stereocenters. The SMILES string of the molecule is CC(C)C[C@@H](Nc1nccc2cc([N+](=O)[O-])ccc12)C(=O)O. The predicted molar refractivity (Wildman–Crippen MR) is 82.9 cm³/mol. The van der Waals surface area contributed by atoms with E-state index in [9.17, 15) is 20.0 Å². The molecule has 0 amide bonds. The highest BCUT2D eigenvalue weighted by molar-refractivity contribution is 5.94. The molecule has 2 aromatic rings. The molecule has 22 heavy (non-hydrogen) atoms. The fourth-order valence-electron chi connectivity index (χ4n) is 2.25. The molecule has 1 heterocycles. The van der Waals surface area contributed by atoms with Crippen LogP contribution < -0.4 is 5.32 Å². The maximum absolute atomic E-state index is 11.3. The van der Waals surface area contributed by atoms with E-state index < -0.39 is 16.9 Å². The van der Waals surface area contributed by atoms with Gasteiger partial charge in [0.05, 0.1) is 4.92 Å². The molecule has 0 aliphatic rings. The van der Waals surface area contributed by atoms with Crippen LogP contribution >= 0.6 is 0 Å². The van der Waals surface area contributed by atoms with E-state index in [4.69, 9.17) is 0 Å². The second-order valence-electron chi connectivity index (χ2n) is 5.49. The molecule has 0 radical (unpaired) electrons. The standard InChI is InChI=1S/C15H17N3O4/c1-9(2)7-13(15(19)20)17-14-12-4-3-11(18(21)22)8-10(12)5-6-16-14/h3-6,8-9,13H,7H2,1-2H3,(H,16,17)(H,19,20)/t13-/m1/s1. The summed E-state index contributed by atoms with van der Waals surface area (Å²) in [5.41, 5.74) is -0.0124. The van der Waals surface area contributed by atoms with Crippen molar-refractivity contribution >= 4 is 28.2 Å². The Hall–Kier alpha value is -2.70. The lowest BCUT2D eigenvalue weighted by molar-refractivity contribution is -0.384. The average molecular weight is 303 g/mol. The number of nitrogens with one attached hydrogen (secondary N) is 1. The van der Waals surface area contributed by atoms with Crippen LogP contribution in [-0.4, -0.2) is 27.0 Å². The number of carbonyl (C=O) groups is 1. The van der Waals surface area contributed by atoms with Crippen molar-refractivity contribution in [3.05, 3.63) is 40.6 Å². The Morgan fingerprint density at radius 2 is 2.14 bits per heavy atom. The summed E-state index contributed by atoms with van der Waals surface area (Å²) in [5.74, 6) is -0.320. The van der Waals surface area contributed by atoms with Crippen molar-refractivity contribution in [1.29, 1.82) is 0 Å². The quantitative estimate of drug-likeness (QED) is 0.627. The summed E-state index contributed by atoms with van der Waals surface area (Å²) in [6.45, 7) is 3.88. The number of rotatable bonds is 6.